The topological polar surface area (TPSA) is 33.6 Å². The first-order chi connectivity index (χ1) is 10.3. The third-order valence-corrected chi connectivity index (χ3v) is 3.15. The molecule has 0 saturated heterocycles. The Labute approximate surface area is 129 Å². The Morgan fingerprint density at radius 2 is 1.90 bits per heavy atom. The molecule has 2 aromatic rings. The van der Waals surface area contributed by atoms with Crippen LogP contribution < -0.4 is 10.2 Å². The largest absolute Gasteiger partial charge is 0.490 e. The van der Waals surface area contributed by atoms with E-state index in [1.54, 1.807) is 12.3 Å². The molecule has 2 rings (SSSR count). The summed E-state index contributed by atoms with van der Waals surface area (Å²) in [7, 11) is 0. The Morgan fingerprint density at radius 3 is 2.62 bits per heavy atom. The summed E-state index contributed by atoms with van der Waals surface area (Å²) in [6.07, 6.45) is 3.47. The molecule has 0 heterocycles. The average Bonchev–Trinajstić information content (AvgIpc) is 2.52. The number of halogens is 1. The molecule has 0 atom stereocenters. The van der Waals surface area contributed by atoms with Gasteiger partial charge in [0, 0.05) is 5.02 Å². The fraction of sp³-hybridized carbons (Fsp3) is 0.118. The van der Waals surface area contributed by atoms with E-state index in [0.717, 1.165) is 21.9 Å². The van der Waals surface area contributed by atoms with E-state index in [1.807, 2.05) is 48.5 Å². The van der Waals surface area contributed by atoms with Crippen molar-refractivity contribution < 1.29 is 4.74 Å². The smallest absolute Gasteiger partial charge is 0.119 e. The molecule has 21 heavy (non-hydrogen) atoms. The second-order valence-electron chi connectivity index (χ2n) is 4.35. The third-order valence-electron chi connectivity index (χ3n) is 2.78. The van der Waals surface area contributed by atoms with Crippen LogP contribution >= 0.6 is 11.6 Å². The summed E-state index contributed by atoms with van der Waals surface area (Å²) in [6.45, 7) is 4.71. The lowest BCUT2D eigenvalue weighted by atomic mass is 10.2. The predicted molar refractivity (Wildman–Crippen MR) is 88.0 cm³/mol. The van der Waals surface area contributed by atoms with Gasteiger partial charge in [0.15, 0.2) is 0 Å². The van der Waals surface area contributed by atoms with Gasteiger partial charge in [0.2, 0.25) is 0 Å². The first kappa shape index (κ1) is 15.1. The molecule has 0 aliphatic carbocycles. The van der Waals surface area contributed by atoms with Crippen LogP contribution in [-0.4, -0.2) is 12.8 Å². The van der Waals surface area contributed by atoms with Crippen LogP contribution in [0.2, 0.25) is 5.02 Å². The molecule has 0 unspecified atom stereocenters. The van der Waals surface area contributed by atoms with Gasteiger partial charge in [-0.2, -0.15) is 5.10 Å². The second kappa shape index (κ2) is 8.12. The molecule has 0 radical (unpaired) electrons. The van der Waals surface area contributed by atoms with Crippen LogP contribution in [0.1, 0.15) is 11.1 Å². The lowest BCUT2D eigenvalue weighted by molar-refractivity contribution is 0.363. The van der Waals surface area contributed by atoms with Crippen molar-refractivity contribution in [3.63, 3.8) is 0 Å². The fourth-order valence-electron chi connectivity index (χ4n) is 1.70. The normalized spacial score (nSPS) is 10.5. The highest BCUT2D eigenvalue weighted by molar-refractivity contribution is 6.31. The molecule has 0 aromatic heterocycles. The number of nitrogens with one attached hydrogen (secondary N) is 1. The highest BCUT2D eigenvalue weighted by Crippen LogP contribution is 2.14. The summed E-state index contributed by atoms with van der Waals surface area (Å²) in [4.78, 5) is 0. The first-order valence-corrected chi connectivity index (χ1v) is 7.00. The molecule has 2 aromatic carbocycles. The third kappa shape index (κ3) is 4.97. The molecule has 0 amide bonds. The standard InChI is InChI=1S/C17H17ClN2O/c1-2-11-21-16-9-7-14(8-10-16)12-19-20-13-15-5-3-4-6-17(15)18/h2-10,12,20H,1,11,13H2/b19-12-. The van der Waals surface area contributed by atoms with Crippen molar-refractivity contribution in [3.05, 3.63) is 77.3 Å². The van der Waals surface area contributed by atoms with Crippen LogP contribution in [0.15, 0.2) is 66.3 Å². The molecule has 0 bridgehead atoms. The van der Waals surface area contributed by atoms with E-state index in [1.165, 1.54) is 0 Å². The molecule has 0 fully saturated rings. The number of hydrogen-bond donors (Lipinski definition) is 1. The molecule has 1 N–H and O–H groups in total. The number of hydrazone groups is 1. The molecular weight excluding hydrogens is 284 g/mol. The fourth-order valence-corrected chi connectivity index (χ4v) is 1.90. The zero-order valence-corrected chi connectivity index (χ0v) is 12.4. The minimum absolute atomic E-state index is 0.507. The van der Waals surface area contributed by atoms with Crippen molar-refractivity contribution in [2.24, 2.45) is 5.10 Å². The highest BCUT2D eigenvalue weighted by Gasteiger charge is 1.96. The maximum atomic E-state index is 6.07. The Kier molecular flexibility index (Phi) is 5.85. The highest BCUT2D eigenvalue weighted by atomic mass is 35.5. The van der Waals surface area contributed by atoms with Crippen molar-refractivity contribution in [2.45, 2.75) is 6.54 Å². The van der Waals surface area contributed by atoms with Crippen LogP contribution in [0.25, 0.3) is 0 Å². The van der Waals surface area contributed by atoms with Crippen LogP contribution in [0.5, 0.6) is 5.75 Å². The van der Waals surface area contributed by atoms with Crippen LogP contribution in [0, 0.1) is 0 Å². The number of ether oxygens (including phenoxy) is 1. The van der Waals surface area contributed by atoms with Crippen molar-refractivity contribution in [1.82, 2.24) is 5.43 Å². The number of rotatable bonds is 7. The number of nitrogens with zero attached hydrogens (tertiary/aromatic N) is 1. The van der Waals surface area contributed by atoms with Gasteiger partial charge in [-0.3, -0.25) is 0 Å². The van der Waals surface area contributed by atoms with Gasteiger partial charge >= 0.3 is 0 Å². The monoisotopic (exact) mass is 300 g/mol. The van der Waals surface area contributed by atoms with Gasteiger partial charge in [-0.05, 0) is 41.5 Å². The lowest BCUT2D eigenvalue weighted by Crippen LogP contribution is -2.05. The molecule has 3 nitrogen and oxygen atoms in total. The zero-order chi connectivity index (χ0) is 14.9. The van der Waals surface area contributed by atoms with Gasteiger partial charge in [0.25, 0.3) is 0 Å². The summed E-state index contributed by atoms with van der Waals surface area (Å²) < 4.78 is 5.41. The Bertz CT molecular complexity index is 608. The molecule has 0 aliphatic heterocycles. The van der Waals surface area contributed by atoms with Gasteiger partial charge in [-0.25, -0.2) is 0 Å². The molecule has 0 saturated carbocycles. The van der Waals surface area contributed by atoms with Gasteiger partial charge in [0.05, 0.1) is 12.8 Å². The molecule has 0 aliphatic rings. The first-order valence-electron chi connectivity index (χ1n) is 6.62. The number of hydrogen-bond acceptors (Lipinski definition) is 3. The van der Waals surface area contributed by atoms with Crippen LogP contribution in [-0.2, 0) is 6.54 Å². The minimum atomic E-state index is 0.507. The summed E-state index contributed by atoms with van der Waals surface area (Å²) in [5.74, 6) is 0.816. The zero-order valence-electron chi connectivity index (χ0n) is 11.6. The number of benzene rings is 2. The maximum Gasteiger partial charge on any atom is 0.119 e. The molecule has 4 heteroatoms. The van der Waals surface area contributed by atoms with E-state index < -0.39 is 0 Å². The Balaban J connectivity index is 1.84. The van der Waals surface area contributed by atoms with E-state index in [9.17, 15) is 0 Å². The van der Waals surface area contributed by atoms with Crippen LogP contribution in [0.4, 0.5) is 0 Å². The van der Waals surface area contributed by atoms with Crippen molar-refractivity contribution in [2.75, 3.05) is 6.61 Å². The second-order valence-corrected chi connectivity index (χ2v) is 4.76. The molecule has 0 spiro atoms. The van der Waals surface area contributed by atoms with E-state index in [-0.39, 0.29) is 0 Å². The van der Waals surface area contributed by atoms with Gasteiger partial charge < -0.3 is 10.2 Å². The lowest BCUT2D eigenvalue weighted by Gasteiger charge is -2.04. The van der Waals surface area contributed by atoms with Gasteiger partial charge in [-0.1, -0.05) is 42.5 Å². The molecule has 108 valence electrons. The van der Waals surface area contributed by atoms with E-state index >= 15 is 0 Å². The minimum Gasteiger partial charge on any atom is -0.490 e. The quantitative estimate of drug-likeness (QED) is 0.476. The maximum absolute atomic E-state index is 6.07. The van der Waals surface area contributed by atoms with E-state index in [4.69, 9.17) is 16.3 Å². The van der Waals surface area contributed by atoms with Gasteiger partial charge in [-0.15, -0.1) is 0 Å². The van der Waals surface area contributed by atoms with Crippen molar-refractivity contribution >= 4 is 17.8 Å². The summed E-state index contributed by atoms with van der Waals surface area (Å²) >= 11 is 6.07. The summed E-state index contributed by atoms with van der Waals surface area (Å²) in [5.41, 5.74) is 4.99. The summed E-state index contributed by atoms with van der Waals surface area (Å²) in [5, 5.41) is 4.92. The predicted octanol–water partition coefficient (Wildman–Crippen LogP) is 4.03. The summed E-state index contributed by atoms with van der Waals surface area (Å²) in [6, 6.07) is 15.4. The molecular formula is C17H17ClN2O. The SMILES string of the molecule is C=CCOc1ccc(/C=N\NCc2ccccc2Cl)cc1. The van der Waals surface area contributed by atoms with Crippen molar-refractivity contribution in [1.29, 1.82) is 0 Å². The van der Waals surface area contributed by atoms with Gasteiger partial charge in [0.1, 0.15) is 12.4 Å². The Morgan fingerprint density at radius 1 is 1.14 bits per heavy atom. The van der Waals surface area contributed by atoms with E-state index in [2.05, 4.69) is 17.1 Å². The van der Waals surface area contributed by atoms with Crippen LogP contribution in [0.3, 0.4) is 0 Å². The average molecular weight is 301 g/mol. The van der Waals surface area contributed by atoms with Crippen molar-refractivity contribution in [3.8, 4) is 5.75 Å². The van der Waals surface area contributed by atoms with E-state index in [0.29, 0.717) is 13.2 Å². The Hall–Kier alpha value is -2.26.